The Balaban J connectivity index is 1.83. The molecular weight excluding hydrogens is 396 g/mol. The number of nitrogens with zero attached hydrogens (tertiary/aromatic N) is 1. The summed E-state index contributed by atoms with van der Waals surface area (Å²) in [6.45, 7) is 4.04. The normalized spacial score (nSPS) is 10.8. The molecule has 1 aromatic heterocycles. The molecule has 0 aliphatic heterocycles. The van der Waals surface area contributed by atoms with Crippen LogP contribution in [0.3, 0.4) is 0 Å². The van der Waals surface area contributed by atoms with Crippen molar-refractivity contribution in [1.82, 2.24) is 9.55 Å². The van der Waals surface area contributed by atoms with Crippen LogP contribution in [0.2, 0.25) is 5.02 Å². The highest BCUT2D eigenvalue weighted by Gasteiger charge is 2.15. The summed E-state index contributed by atoms with van der Waals surface area (Å²) in [7, 11) is 0. The van der Waals surface area contributed by atoms with Gasteiger partial charge in [0, 0.05) is 11.1 Å². The summed E-state index contributed by atoms with van der Waals surface area (Å²) < 4.78 is 1.07. The molecule has 0 aliphatic carbocycles. The van der Waals surface area contributed by atoms with Crippen molar-refractivity contribution < 1.29 is 0 Å². The second kappa shape index (κ2) is 8.06. The molecule has 0 spiro atoms. The molecule has 0 bridgehead atoms. The van der Waals surface area contributed by atoms with E-state index in [1.54, 1.807) is 24.3 Å². The highest BCUT2D eigenvalue weighted by molar-refractivity contribution is 6.32. The summed E-state index contributed by atoms with van der Waals surface area (Å²) in [6, 6.07) is 20.1. The van der Waals surface area contributed by atoms with E-state index in [2.05, 4.69) is 16.8 Å². The number of aromatic nitrogens is 2. The van der Waals surface area contributed by atoms with Gasteiger partial charge >= 0.3 is 5.69 Å². The van der Waals surface area contributed by atoms with Crippen LogP contribution in [-0.4, -0.2) is 9.55 Å². The van der Waals surface area contributed by atoms with Gasteiger partial charge in [0.05, 0.1) is 21.6 Å². The van der Waals surface area contributed by atoms with Crippen LogP contribution in [0.25, 0.3) is 16.6 Å². The lowest BCUT2D eigenvalue weighted by molar-refractivity contribution is 0.857. The third-order valence-electron chi connectivity index (χ3n) is 4.90. The molecule has 0 saturated carbocycles. The molecule has 4 nitrogen and oxygen atoms in total. The zero-order valence-corrected chi connectivity index (χ0v) is 17.3. The van der Waals surface area contributed by atoms with Crippen molar-refractivity contribution in [2.24, 2.45) is 0 Å². The number of fused-ring (bicyclic) bond motifs is 1. The standard InChI is InChI=1S/C25H19ClN2O2/c1-16(2)19-9-6-10-20-23(19)27-25(30)28(24(20)29)22-14-13-18(15-21(22)26)12-11-17-7-4-3-5-8-17/h3-10,13-16H,1-2H3,(H,27,30). The SMILES string of the molecule is CC(C)c1cccc2c(=O)n(-c3ccc(C#Cc4ccccc4)cc3Cl)c(=O)[nH]c12. The van der Waals surface area contributed by atoms with Crippen molar-refractivity contribution >= 4 is 22.5 Å². The Kier molecular flexibility index (Phi) is 5.31. The van der Waals surface area contributed by atoms with Crippen molar-refractivity contribution in [3.05, 3.63) is 109 Å². The molecular formula is C25H19ClN2O2. The quantitative estimate of drug-likeness (QED) is 0.476. The molecule has 4 rings (SSSR count). The van der Waals surface area contributed by atoms with Gasteiger partial charge < -0.3 is 4.98 Å². The van der Waals surface area contributed by atoms with E-state index in [9.17, 15) is 9.59 Å². The highest BCUT2D eigenvalue weighted by atomic mass is 35.5. The molecule has 148 valence electrons. The average Bonchev–Trinajstić information content (AvgIpc) is 2.74. The molecule has 0 unspecified atom stereocenters. The van der Waals surface area contributed by atoms with E-state index < -0.39 is 11.2 Å². The lowest BCUT2D eigenvalue weighted by Gasteiger charge is -2.12. The van der Waals surface area contributed by atoms with E-state index in [1.807, 2.05) is 56.3 Å². The summed E-state index contributed by atoms with van der Waals surface area (Å²) in [5.41, 5.74) is 2.48. The van der Waals surface area contributed by atoms with Crippen molar-refractivity contribution in [2.75, 3.05) is 0 Å². The Morgan fingerprint density at radius 1 is 0.900 bits per heavy atom. The van der Waals surface area contributed by atoms with E-state index in [1.165, 1.54) is 0 Å². The molecule has 0 amide bonds. The van der Waals surface area contributed by atoms with Gasteiger partial charge in [0.25, 0.3) is 5.56 Å². The number of hydrogen-bond acceptors (Lipinski definition) is 2. The second-order valence-electron chi connectivity index (χ2n) is 7.28. The molecule has 3 aromatic carbocycles. The van der Waals surface area contributed by atoms with E-state index in [0.29, 0.717) is 22.2 Å². The van der Waals surface area contributed by atoms with Crippen LogP contribution >= 0.6 is 11.6 Å². The number of benzene rings is 3. The van der Waals surface area contributed by atoms with Crippen molar-refractivity contribution in [2.45, 2.75) is 19.8 Å². The average molecular weight is 415 g/mol. The van der Waals surface area contributed by atoms with Gasteiger partial charge in [-0.25, -0.2) is 9.36 Å². The fourth-order valence-corrected chi connectivity index (χ4v) is 3.66. The minimum absolute atomic E-state index is 0.172. The lowest BCUT2D eigenvalue weighted by Crippen LogP contribution is -2.34. The van der Waals surface area contributed by atoms with Gasteiger partial charge in [0.15, 0.2) is 0 Å². The summed E-state index contributed by atoms with van der Waals surface area (Å²) >= 11 is 6.44. The fourth-order valence-electron chi connectivity index (χ4n) is 3.40. The zero-order chi connectivity index (χ0) is 21.3. The molecule has 4 aromatic rings. The van der Waals surface area contributed by atoms with Gasteiger partial charge in [-0.05, 0) is 47.9 Å². The van der Waals surface area contributed by atoms with Crippen molar-refractivity contribution in [1.29, 1.82) is 0 Å². The monoisotopic (exact) mass is 414 g/mol. The predicted molar refractivity (Wildman–Crippen MR) is 122 cm³/mol. The topological polar surface area (TPSA) is 54.9 Å². The highest BCUT2D eigenvalue weighted by Crippen LogP contribution is 2.23. The number of hydrogen-bond donors (Lipinski definition) is 1. The van der Waals surface area contributed by atoms with E-state index in [4.69, 9.17) is 11.6 Å². The molecule has 1 heterocycles. The number of rotatable bonds is 2. The predicted octanol–water partition coefficient (Wildman–Crippen LogP) is 4.86. The summed E-state index contributed by atoms with van der Waals surface area (Å²) in [4.78, 5) is 28.8. The van der Waals surface area contributed by atoms with Gasteiger partial charge in [-0.3, -0.25) is 4.79 Å². The Bertz CT molecular complexity index is 1420. The smallest absolute Gasteiger partial charge is 0.306 e. The molecule has 0 aliphatic rings. The van der Waals surface area contributed by atoms with Gasteiger partial charge in [-0.2, -0.15) is 0 Å². The second-order valence-corrected chi connectivity index (χ2v) is 7.68. The van der Waals surface area contributed by atoms with Crippen LogP contribution in [0.4, 0.5) is 0 Å². The van der Waals surface area contributed by atoms with Gasteiger partial charge in [0.1, 0.15) is 0 Å². The molecule has 0 radical (unpaired) electrons. The Morgan fingerprint density at radius 3 is 2.33 bits per heavy atom. The zero-order valence-electron chi connectivity index (χ0n) is 16.6. The number of para-hydroxylation sites is 1. The Morgan fingerprint density at radius 2 is 1.63 bits per heavy atom. The van der Waals surface area contributed by atoms with Crippen LogP contribution in [0.5, 0.6) is 0 Å². The maximum Gasteiger partial charge on any atom is 0.333 e. The third-order valence-corrected chi connectivity index (χ3v) is 5.20. The number of halogens is 1. The molecule has 0 atom stereocenters. The van der Waals surface area contributed by atoms with Crippen LogP contribution in [0.15, 0.2) is 76.3 Å². The van der Waals surface area contributed by atoms with Crippen LogP contribution in [0, 0.1) is 11.8 Å². The lowest BCUT2D eigenvalue weighted by atomic mass is 10.0. The largest absolute Gasteiger partial charge is 0.333 e. The van der Waals surface area contributed by atoms with E-state index in [-0.39, 0.29) is 10.9 Å². The Hall–Kier alpha value is -3.55. The maximum absolute atomic E-state index is 13.1. The Labute approximate surface area is 178 Å². The first-order valence-corrected chi connectivity index (χ1v) is 9.98. The summed E-state index contributed by atoms with van der Waals surface area (Å²) in [6.07, 6.45) is 0. The third kappa shape index (κ3) is 3.68. The van der Waals surface area contributed by atoms with Gasteiger partial charge in [-0.15, -0.1) is 0 Å². The molecule has 0 fully saturated rings. The van der Waals surface area contributed by atoms with Crippen LogP contribution in [0.1, 0.15) is 36.5 Å². The first-order chi connectivity index (χ1) is 14.5. The fraction of sp³-hybridized carbons (Fsp3) is 0.120. The number of nitrogens with one attached hydrogen (secondary N) is 1. The van der Waals surface area contributed by atoms with Crippen LogP contribution < -0.4 is 11.2 Å². The minimum Gasteiger partial charge on any atom is -0.306 e. The molecule has 0 saturated heterocycles. The summed E-state index contributed by atoms with van der Waals surface area (Å²) in [5.74, 6) is 6.29. The van der Waals surface area contributed by atoms with Crippen molar-refractivity contribution in [3.8, 4) is 17.5 Å². The molecule has 5 heteroatoms. The maximum atomic E-state index is 13.1. The van der Waals surface area contributed by atoms with Crippen LogP contribution in [-0.2, 0) is 0 Å². The summed E-state index contributed by atoms with van der Waals surface area (Å²) in [5, 5.41) is 0.728. The van der Waals surface area contributed by atoms with Crippen molar-refractivity contribution in [3.63, 3.8) is 0 Å². The molecule has 1 N–H and O–H groups in total. The minimum atomic E-state index is -0.523. The number of H-pyrrole nitrogens is 1. The first-order valence-electron chi connectivity index (χ1n) is 9.60. The number of aromatic amines is 1. The molecule has 30 heavy (non-hydrogen) atoms. The van der Waals surface area contributed by atoms with E-state index >= 15 is 0 Å². The van der Waals surface area contributed by atoms with E-state index in [0.717, 1.165) is 15.7 Å². The van der Waals surface area contributed by atoms with Gasteiger partial charge in [-0.1, -0.05) is 67.6 Å². The first kappa shape index (κ1) is 19.8. The van der Waals surface area contributed by atoms with Gasteiger partial charge in [0.2, 0.25) is 0 Å².